The fraction of sp³-hybridized carbons (Fsp3) is 1.00. The molecule has 88 valence electrons. The smallest absolute Gasteiger partial charge is 0.171 e. The molecule has 0 amide bonds. The van der Waals surface area contributed by atoms with E-state index in [9.17, 15) is 0 Å². The molecule has 1 N–H and O–H groups in total. The molecule has 3 nitrogen and oxygen atoms in total. The van der Waals surface area contributed by atoms with Crippen molar-refractivity contribution in [1.82, 2.24) is 0 Å². The van der Waals surface area contributed by atoms with Crippen molar-refractivity contribution < 1.29 is 14.6 Å². The molecule has 1 aliphatic heterocycles. The molecule has 1 spiro atoms. The quantitative estimate of drug-likeness (QED) is 0.780. The summed E-state index contributed by atoms with van der Waals surface area (Å²) in [7, 11) is 0. The molecular formula is C12H22O3. The van der Waals surface area contributed by atoms with E-state index in [2.05, 4.69) is 6.92 Å². The van der Waals surface area contributed by atoms with E-state index in [0.717, 1.165) is 32.5 Å². The third-order valence-electron chi connectivity index (χ3n) is 3.89. The van der Waals surface area contributed by atoms with Gasteiger partial charge in [-0.2, -0.15) is 0 Å². The molecule has 2 fully saturated rings. The zero-order valence-electron chi connectivity index (χ0n) is 9.58. The van der Waals surface area contributed by atoms with Crippen LogP contribution in [0.25, 0.3) is 0 Å². The number of aliphatic hydroxyl groups excluding tert-OH is 1. The molecule has 0 aromatic heterocycles. The minimum Gasteiger partial charge on any atom is -0.396 e. The highest BCUT2D eigenvalue weighted by molar-refractivity contribution is 4.89. The van der Waals surface area contributed by atoms with Gasteiger partial charge in [-0.1, -0.05) is 13.3 Å². The van der Waals surface area contributed by atoms with E-state index < -0.39 is 0 Å². The molecule has 1 heterocycles. The summed E-state index contributed by atoms with van der Waals surface area (Å²) < 4.78 is 11.7. The number of rotatable bonds is 3. The Kier molecular flexibility index (Phi) is 3.65. The minimum atomic E-state index is -0.299. The molecule has 2 unspecified atom stereocenters. The van der Waals surface area contributed by atoms with Gasteiger partial charge in [-0.15, -0.1) is 0 Å². The van der Waals surface area contributed by atoms with Crippen molar-refractivity contribution in [2.45, 2.75) is 44.8 Å². The highest BCUT2D eigenvalue weighted by Gasteiger charge is 2.48. The summed E-state index contributed by atoms with van der Waals surface area (Å²) in [4.78, 5) is 0. The van der Waals surface area contributed by atoms with E-state index in [0.29, 0.717) is 11.8 Å². The lowest BCUT2D eigenvalue weighted by Gasteiger charge is -2.43. The molecule has 0 aromatic rings. The Morgan fingerprint density at radius 2 is 2.07 bits per heavy atom. The summed E-state index contributed by atoms with van der Waals surface area (Å²) in [5.74, 6) is 0.830. The molecule has 0 aromatic carbocycles. The maximum Gasteiger partial charge on any atom is 0.171 e. The van der Waals surface area contributed by atoms with Crippen LogP contribution in [-0.4, -0.2) is 30.7 Å². The summed E-state index contributed by atoms with van der Waals surface area (Å²) in [6.07, 6.45) is 5.40. The van der Waals surface area contributed by atoms with Crippen molar-refractivity contribution in [2.24, 2.45) is 11.8 Å². The van der Waals surface area contributed by atoms with Crippen LogP contribution in [0.3, 0.4) is 0 Å². The number of ether oxygens (including phenoxy) is 2. The Bertz CT molecular complexity index is 199. The fourth-order valence-corrected chi connectivity index (χ4v) is 3.14. The predicted octanol–water partition coefficient (Wildman–Crippen LogP) is 1.94. The zero-order valence-corrected chi connectivity index (χ0v) is 9.58. The average Bonchev–Trinajstić information content (AvgIpc) is 2.67. The lowest BCUT2D eigenvalue weighted by molar-refractivity contribution is -0.226. The van der Waals surface area contributed by atoms with Gasteiger partial charge in [-0.25, -0.2) is 0 Å². The predicted molar refractivity (Wildman–Crippen MR) is 57.5 cm³/mol. The van der Waals surface area contributed by atoms with E-state index in [4.69, 9.17) is 14.6 Å². The van der Waals surface area contributed by atoms with Crippen molar-refractivity contribution in [1.29, 1.82) is 0 Å². The van der Waals surface area contributed by atoms with Gasteiger partial charge in [-0.05, 0) is 25.2 Å². The van der Waals surface area contributed by atoms with Gasteiger partial charge in [0.15, 0.2) is 5.79 Å². The summed E-state index contributed by atoms with van der Waals surface area (Å²) in [6, 6.07) is 0. The van der Waals surface area contributed by atoms with Gasteiger partial charge in [-0.3, -0.25) is 0 Å². The Morgan fingerprint density at radius 1 is 1.33 bits per heavy atom. The second-order valence-electron chi connectivity index (χ2n) is 4.85. The standard InChI is InChI=1S/C12H22O3/c1-10-4-2-6-12(14-8-9-15-12)11(10)5-3-7-13/h10-11,13H,2-9H2,1H3. The first-order chi connectivity index (χ1) is 7.28. The summed E-state index contributed by atoms with van der Waals surface area (Å²) in [5.41, 5.74) is 0. The molecule has 0 radical (unpaired) electrons. The molecule has 1 saturated heterocycles. The maximum absolute atomic E-state index is 8.93. The second kappa shape index (κ2) is 4.81. The summed E-state index contributed by atoms with van der Waals surface area (Å²) in [5, 5.41) is 8.93. The SMILES string of the molecule is CC1CCCC2(OCCO2)C1CCCO. The van der Waals surface area contributed by atoms with Crippen molar-refractivity contribution in [3.63, 3.8) is 0 Å². The Hall–Kier alpha value is -0.120. The average molecular weight is 214 g/mol. The second-order valence-corrected chi connectivity index (χ2v) is 4.85. The number of hydrogen-bond acceptors (Lipinski definition) is 3. The van der Waals surface area contributed by atoms with Crippen molar-refractivity contribution in [3.8, 4) is 0 Å². The van der Waals surface area contributed by atoms with Crippen LogP contribution in [0.4, 0.5) is 0 Å². The highest BCUT2D eigenvalue weighted by Crippen LogP contribution is 2.45. The molecule has 3 heteroatoms. The molecule has 1 aliphatic carbocycles. The van der Waals surface area contributed by atoms with E-state index in [1.807, 2.05) is 0 Å². The van der Waals surface area contributed by atoms with Gasteiger partial charge < -0.3 is 14.6 Å². The Morgan fingerprint density at radius 3 is 2.73 bits per heavy atom. The highest BCUT2D eigenvalue weighted by atomic mass is 16.7. The third kappa shape index (κ3) is 2.19. The summed E-state index contributed by atoms with van der Waals surface area (Å²) >= 11 is 0. The van der Waals surface area contributed by atoms with Gasteiger partial charge >= 0.3 is 0 Å². The zero-order chi connectivity index (χ0) is 10.7. The minimum absolute atomic E-state index is 0.277. The topological polar surface area (TPSA) is 38.7 Å². The molecule has 2 aliphatic rings. The van der Waals surface area contributed by atoms with Gasteiger partial charge in [0.2, 0.25) is 0 Å². The first-order valence-corrected chi connectivity index (χ1v) is 6.17. The fourth-order valence-electron chi connectivity index (χ4n) is 3.14. The van der Waals surface area contributed by atoms with E-state index in [1.165, 1.54) is 12.8 Å². The molecule has 2 rings (SSSR count). The van der Waals surface area contributed by atoms with E-state index in [1.54, 1.807) is 0 Å². The molecular weight excluding hydrogens is 192 g/mol. The Balaban J connectivity index is 2.04. The van der Waals surface area contributed by atoms with Crippen LogP contribution in [0.5, 0.6) is 0 Å². The van der Waals surface area contributed by atoms with Crippen LogP contribution >= 0.6 is 0 Å². The Labute approximate surface area is 91.8 Å². The van der Waals surface area contributed by atoms with Crippen molar-refractivity contribution >= 4 is 0 Å². The van der Waals surface area contributed by atoms with Crippen LogP contribution < -0.4 is 0 Å². The molecule has 15 heavy (non-hydrogen) atoms. The molecule has 1 saturated carbocycles. The van der Waals surface area contributed by atoms with Crippen LogP contribution in [0.1, 0.15) is 39.0 Å². The van der Waals surface area contributed by atoms with E-state index in [-0.39, 0.29) is 12.4 Å². The number of aliphatic hydroxyl groups is 1. The lowest BCUT2D eigenvalue weighted by Crippen LogP contribution is -2.45. The largest absolute Gasteiger partial charge is 0.396 e. The molecule has 0 bridgehead atoms. The van der Waals surface area contributed by atoms with Gasteiger partial charge in [0.25, 0.3) is 0 Å². The van der Waals surface area contributed by atoms with Gasteiger partial charge in [0.05, 0.1) is 13.2 Å². The maximum atomic E-state index is 8.93. The van der Waals surface area contributed by atoms with Gasteiger partial charge in [0, 0.05) is 18.9 Å². The normalized spacial score (nSPS) is 34.8. The van der Waals surface area contributed by atoms with Crippen molar-refractivity contribution in [2.75, 3.05) is 19.8 Å². The van der Waals surface area contributed by atoms with Crippen LogP contribution in [-0.2, 0) is 9.47 Å². The summed E-state index contributed by atoms with van der Waals surface area (Å²) in [6.45, 7) is 4.04. The van der Waals surface area contributed by atoms with Crippen LogP contribution in [0, 0.1) is 11.8 Å². The first kappa shape index (κ1) is 11.4. The molecule has 2 atom stereocenters. The number of hydrogen-bond donors (Lipinski definition) is 1. The van der Waals surface area contributed by atoms with Crippen molar-refractivity contribution in [3.05, 3.63) is 0 Å². The third-order valence-corrected chi connectivity index (χ3v) is 3.89. The monoisotopic (exact) mass is 214 g/mol. The van der Waals surface area contributed by atoms with Crippen LogP contribution in [0.2, 0.25) is 0 Å². The van der Waals surface area contributed by atoms with Gasteiger partial charge in [0.1, 0.15) is 0 Å². The van der Waals surface area contributed by atoms with E-state index >= 15 is 0 Å². The first-order valence-electron chi connectivity index (χ1n) is 6.17. The van der Waals surface area contributed by atoms with Crippen LogP contribution in [0.15, 0.2) is 0 Å². The lowest BCUT2D eigenvalue weighted by atomic mass is 9.73.